The van der Waals surface area contributed by atoms with E-state index in [-0.39, 0.29) is 22.7 Å². The quantitative estimate of drug-likeness (QED) is 0.860. The molecule has 1 aliphatic heterocycles. The summed E-state index contributed by atoms with van der Waals surface area (Å²) in [5.74, 6) is 0. The molecular weight excluding hydrogens is 268 g/mol. The molecular formula is C12H19ClN4O2. The van der Waals surface area contributed by atoms with Gasteiger partial charge >= 0.3 is 0 Å². The highest BCUT2D eigenvalue weighted by molar-refractivity contribution is 6.32. The molecule has 0 amide bonds. The van der Waals surface area contributed by atoms with Crippen molar-refractivity contribution in [3.05, 3.63) is 21.6 Å². The number of ether oxygens (including phenoxy) is 1. The van der Waals surface area contributed by atoms with Gasteiger partial charge < -0.3 is 15.4 Å². The summed E-state index contributed by atoms with van der Waals surface area (Å²) in [6.07, 6.45) is 1.66. The van der Waals surface area contributed by atoms with Gasteiger partial charge in [0.05, 0.1) is 30.6 Å². The third kappa shape index (κ3) is 3.46. The molecule has 6 nitrogen and oxygen atoms in total. The predicted molar refractivity (Wildman–Crippen MR) is 75.0 cm³/mol. The van der Waals surface area contributed by atoms with Crippen LogP contribution in [0, 0.1) is 0 Å². The monoisotopic (exact) mass is 286 g/mol. The van der Waals surface area contributed by atoms with E-state index in [0.29, 0.717) is 18.8 Å². The van der Waals surface area contributed by atoms with Crippen molar-refractivity contribution in [2.24, 2.45) is 0 Å². The van der Waals surface area contributed by atoms with Crippen LogP contribution in [0.1, 0.15) is 19.9 Å². The minimum absolute atomic E-state index is 0.00933. The summed E-state index contributed by atoms with van der Waals surface area (Å²) < 4.78 is 6.93. The third-order valence-electron chi connectivity index (χ3n) is 2.96. The average Bonchev–Trinajstić information content (AvgIpc) is 2.41. The minimum Gasteiger partial charge on any atom is -0.380 e. The first-order valence-corrected chi connectivity index (χ1v) is 6.81. The van der Waals surface area contributed by atoms with Crippen LogP contribution in [0.2, 0.25) is 5.02 Å². The first-order chi connectivity index (χ1) is 9.09. The Morgan fingerprint density at radius 3 is 3.11 bits per heavy atom. The number of aromatic nitrogens is 2. The lowest BCUT2D eigenvalue weighted by atomic mass is 10.3. The summed E-state index contributed by atoms with van der Waals surface area (Å²) in [4.78, 5) is 12.0. The maximum absolute atomic E-state index is 12.0. The van der Waals surface area contributed by atoms with Crippen LogP contribution in [0.4, 0.5) is 5.69 Å². The van der Waals surface area contributed by atoms with E-state index in [1.54, 1.807) is 6.20 Å². The van der Waals surface area contributed by atoms with Gasteiger partial charge in [-0.3, -0.25) is 4.79 Å². The second-order valence-electron chi connectivity index (χ2n) is 4.79. The van der Waals surface area contributed by atoms with E-state index in [2.05, 4.69) is 15.7 Å². The van der Waals surface area contributed by atoms with Gasteiger partial charge in [-0.15, -0.1) is 0 Å². The molecule has 1 saturated heterocycles. The molecule has 1 aromatic heterocycles. The van der Waals surface area contributed by atoms with Crippen molar-refractivity contribution in [1.82, 2.24) is 15.1 Å². The van der Waals surface area contributed by atoms with E-state index in [0.717, 1.165) is 13.1 Å². The molecule has 1 aromatic rings. The summed E-state index contributed by atoms with van der Waals surface area (Å²) in [6.45, 7) is 6.75. The fourth-order valence-corrected chi connectivity index (χ4v) is 2.11. The normalized spacial score (nSPS) is 19.7. The van der Waals surface area contributed by atoms with Gasteiger partial charge in [-0.05, 0) is 13.8 Å². The second-order valence-corrected chi connectivity index (χ2v) is 5.17. The number of nitrogens with one attached hydrogen (secondary N) is 2. The molecule has 0 bridgehead atoms. The molecule has 1 atom stereocenters. The molecule has 0 saturated carbocycles. The van der Waals surface area contributed by atoms with Crippen LogP contribution in [0.25, 0.3) is 0 Å². The Balaban J connectivity index is 2.04. The highest BCUT2D eigenvalue weighted by Crippen LogP contribution is 2.16. The molecule has 1 aliphatic rings. The topological polar surface area (TPSA) is 68.2 Å². The molecule has 0 aromatic carbocycles. The molecule has 2 rings (SSSR count). The number of nitrogens with zero attached hydrogens (tertiary/aromatic N) is 2. The van der Waals surface area contributed by atoms with E-state index in [1.165, 1.54) is 4.68 Å². The molecule has 2 heterocycles. The van der Waals surface area contributed by atoms with Crippen molar-refractivity contribution in [2.45, 2.75) is 26.0 Å². The second kappa shape index (κ2) is 6.36. The molecule has 1 unspecified atom stereocenters. The number of rotatable bonds is 4. The Kier molecular flexibility index (Phi) is 4.79. The van der Waals surface area contributed by atoms with E-state index in [1.807, 2.05) is 13.8 Å². The van der Waals surface area contributed by atoms with Crippen molar-refractivity contribution >= 4 is 17.3 Å². The van der Waals surface area contributed by atoms with Gasteiger partial charge in [0, 0.05) is 19.6 Å². The SMILES string of the molecule is CC(C)n1ncc(NCC2CNCCO2)c(Cl)c1=O. The van der Waals surface area contributed by atoms with Gasteiger partial charge in [0.1, 0.15) is 5.02 Å². The number of hydrogen-bond acceptors (Lipinski definition) is 5. The van der Waals surface area contributed by atoms with Crippen molar-refractivity contribution < 1.29 is 4.74 Å². The van der Waals surface area contributed by atoms with Crippen molar-refractivity contribution in [3.8, 4) is 0 Å². The Labute approximate surface area is 117 Å². The zero-order valence-corrected chi connectivity index (χ0v) is 11.9. The van der Waals surface area contributed by atoms with Crippen LogP contribution in [0.5, 0.6) is 0 Å². The summed E-state index contributed by atoms with van der Waals surface area (Å²) in [6, 6.07) is -0.00933. The average molecular weight is 287 g/mol. The molecule has 7 heteroatoms. The largest absolute Gasteiger partial charge is 0.380 e. The maximum atomic E-state index is 12.0. The van der Waals surface area contributed by atoms with E-state index in [4.69, 9.17) is 16.3 Å². The number of hydrogen-bond donors (Lipinski definition) is 2. The summed E-state index contributed by atoms with van der Waals surface area (Å²) in [7, 11) is 0. The number of halogens is 1. The van der Waals surface area contributed by atoms with E-state index < -0.39 is 0 Å². The minimum atomic E-state index is -0.274. The van der Waals surface area contributed by atoms with Crippen molar-refractivity contribution in [3.63, 3.8) is 0 Å². The molecule has 19 heavy (non-hydrogen) atoms. The lowest BCUT2D eigenvalue weighted by molar-refractivity contribution is 0.0372. The van der Waals surface area contributed by atoms with Crippen LogP contribution in [-0.2, 0) is 4.74 Å². The van der Waals surface area contributed by atoms with Gasteiger partial charge in [-0.2, -0.15) is 5.10 Å². The Hall–Kier alpha value is -1.11. The van der Waals surface area contributed by atoms with Crippen LogP contribution in [0.3, 0.4) is 0 Å². The van der Waals surface area contributed by atoms with Crippen LogP contribution < -0.4 is 16.2 Å². The molecule has 0 aliphatic carbocycles. The van der Waals surface area contributed by atoms with Crippen molar-refractivity contribution in [2.75, 3.05) is 31.6 Å². The lowest BCUT2D eigenvalue weighted by Gasteiger charge is -2.24. The predicted octanol–water partition coefficient (Wildman–Crippen LogP) is 0.878. The third-order valence-corrected chi connectivity index (χ3v) is 3.32. The van der Waals surface area contributed by atoms with Gasteiger partial charge in [-0.1, -0.05) is 11.6 Å². The maximum Gasteiger partial charge on any atom is 0.287 e. The number of anilines is 1. The molecule has 0 radical (unpaired) electrons. The van der Waals surface area contributed by atoms with E-state index in [9.17, 15) is 4.79 Å². The zero-order valence-electron chi connectivity index (χ0n) is 11.1. The lowest BCUT2D eigenvalue weighted by Crippen LogP contribution is -2.42. The van der Waals surface area contributed by atoms with Crippen LogP contribution in [0.15, 0.2) is 11.0 Å². The molecule has 1 fully saturated rings. The Morgan fingerprint density at radius 1 is 1.68 bits per heavy atom. The molecule has 2 N–H and O–H groups in total. The molecule has 0 spiro atoms. The fraction of sp³-hybridized carbons (Fsp3) is 0.667. The zero-order chi connectivity index (χ0) is 13.8. The smallest absolute Gasteiger partial charge is 0.287 e. The van der Waals surface area contributed by atoms with Gasteiger partial charge in [0.2, 0.25) is 0 Å². The van der Waals surface area contributed by atoms with Crippen molar-refractivity contribution in [1.29, 1.82) is 0 Å². The first kappa shape index (κ1) is 14.3. The van der Waals surface area contributed by atoms with E-state index >= 15 is 0 Å². The first-order valence-electron chi connectivity index (χ1n) is 6.43. The van der Waals surface area contributed by atoms with Crippen LogP contribution in [-0.4, -0.2) is 42.1 Å². The summed E-state index contributed by atoms with van der Waals surface area (Å²) in [5.41, 5.74) is 0.280. The fourth-order valence-electron chi connectivity index (χ4n) is 1.91. The summed E-state index contributed by atoms with van der Waals surface area (Å²) >= 11 is 6.07. The Morgan fingerprint density at radius 2 is 2.47 bits per heavy atom. The van der Waals surface area contributed by atoms with Gasteiger partial charge in [-0.25, -0.2) is 4.68 Å². The van der Waals surface area contributed by atoms with Crippen LogP contribution >= 0.6 is 11.6 Å². The standard InChI is InChI=1S/C12H19ClN4O2/c1-8(2)17-12(18)11(13)10(7-16-17)15-6-9-5-14-3-4-19-9/h7-9,14-15H,3-6H2,1-2H3. The number of morpholine rings is 1. The Bertz CT molecular complexity index is 483. The highest BCUT2D eigenvalue weighted by atomic mass is 35.5. The summed E-state index contributed by atoms with van der Waals surface area (Å²) in [5, 5.41) is 10.6. The van der Waals surface area contributed by atoms with Gasteiger partial charge in [0.15, 0.2) is 0 Å². The highest BCUT2D eigenvalue weighted by Gasteiger charge is 2.15. The molecule has 106 valence electrons. The van der Waals surface area contributed by atoms with Gasteiger partial charge in [0.25, 0.3) is 5.56 Å².